The van der Waals surface area contributed by atoms with Gasteiger partial charge in [0.05, 0.1) is 28.3 Å². The molecular weight excluding hydrogens is 224 g/mol. The van der Waals surface area contributed by atoms with Crippen LogP contribution in [0.3, 0.4) is 0 Å². The molecule has 0 spiro atoms. The first-order chi connectivity index (χ1) is 6.97. The minimum atomic E-state index is -0.768. The number of methoxy groups -OCH3 is 1. The Kier molecular flexibility index (Phi) is 3.11. The molecule has 1 aromatic carbocycles. The van der Waals surface area contributed by atoms with Gasteiger partial charge in [0.1, 0.15) is 0 Å². The van der Waals surface area contributed by atoms with E-state index in [9.17, 15) is 14.9 Å². The van der Waals surface area contributed by atoms with E-state index in [1.807, 2.05) is 0 Å². The van der Waals surface area contributed by atoms with Gasteiger partial charge in [0.15, 0.2) is 0 Å². The first-order valence-electron chi connectivity index (χ1n) is 3.79. The summed E-state index contributed by atoms with van der Waals surface area (Å²) in [7, 11) is 1.15. The highest BCUT2D eigenvalue weighted by Crippen LogP contribution is 2.29. The standard InChI is InChI=1S/C8H7ClN2O4/c1-15-8(12)5-2-4(11(13)14)3-6(10)7(5)9/h2-3H,10H2,1H3. The third-order valence-corrected chi connectivity index (χ3v) is 2.12. The van der Waals surface area contributed by atoms with E-state index in [0.29, 0.717) is 0 Å². The van der Waals surface area contributed by atoms with E-state index >= 15 is 0 Å². The Hall–Kier alpha value is -1.82. The predicted molar refractivity (Wildman–Crippen MR) is 53.9 cm³/mol. The van der Waals surface area contributed by atoms with Crippen LogP contribution in [0.15, 0.2) is 12.1 Å². The predicted octanol–water partition coefficient (Wildman–Crippen LogP) is 1.62. The van der Waals surface area contributed by atoms with Crippen LogP contribution in [0.25, 0.3) is 0 Å². The Morgan fingerprint density at radius 1 is 1.60 bits per heavy atom. The average Bonchev–Trinajstić information content (AvgIpc) is 2.20. The number of nitrogen functional groups attached to an aromatic ring is 1. The zero-order valence-corrected chi connectivity index (χ0v) is 8.45. The lowest BCUT2D eigenvalue weighted by Gasteiger charge is -2.04. The number of rotatable bonds is 2. The van der Waals surface area contributed by atoms with Gasteiger partial charge in [-0.25, -0.2) is 4.79 Å². The maximum Gasteiger partial charge on any atom is 0.339 e. The van der Waals surface area contributed by atoms with Crippen molar-refractivity contribution in [2.45, 2.75) is 0 Å². The normalized spacial score (nSPS) is 9.73. The van der Waals surface area contributed by atoms with E-state index in [4.69, 9.17) is 17.3 Å². The monoisotopic (exact) mass is 230 g/mol. The molecule has 6 nitrogen and oxygen atoms in total. The van der Waals surface area contributed by atoms with Crippen LogP contribution in [0.1, 0.15) is 10.4 Å². The van der Waals surface area contributed by atoms with Crippen molar-refractivity contribution in [2.75, 3.05) is 12.8 Å². The zero-order valence-electron chi connectivity index (χ0n) is 7.69. The van der Waals surface area contributed by atoms with Crippen LogP contribution < -0.4 is 5.73 Å². The minimum absolute atomic E-state index is 0.0359. The lowest BCUT2D eigenvalue weighted by molar-refractivity contribution is -0.384. The molecule has 15 heavy (non-hydrogen) atoms. The Labute approximate surface area is 89.7 Å². The first-order valence-corrected chi connectivity index (χ1v) is 4.17. The Bertz CT molecular complexity index is 433. The summed E-state index contributed by atoms with van der Waals surface area (Å²) in [6.07, 6.45) is 0. The molecule has 0 aliphatic carbocycles. The number of non-ortho nitro benzene ring substituents is 1. The summed E-state index contributed by atoms with van der Waals surface area (Å²) >= 11 is 5.70. The summed E-state index contributed by atoms with van der Waals surface area (Å²) in [5, 5.41) is 10.4. The van der Waals surface area contributed by atoms with Gasteiger partial charge in [0.2, 0.25) is 0 Å². The molecule has 0 aliphatic heterocycles. The molecule has 0 saturated heterocycles. The lowest BCUT2D eigenvalue weighted by Crippen LogP contribution is -2.05. The molecule has 0 heterocycles. The second kappa shape index (κ2) is 4.14. The molecule has 1 rings (SSSR count). The molecule has 1 aromatic rings. The average molecular weight is 231 g/mol. The van der Waals surface area contributed by atoms with Gasteiger partial charge in [0, 0.05) is 12.1 Å². The van der Waals surface area contributed by atoms with E-state index < -0.39 is 10.9 Å². The third kappa shape index (κ3) is 2.16. The summed E-state index contributed by atoms with van der Waals surface area (Å²) in [6, 6.07) is 2.10. The number of hydrogen-bond acceptors (Lipinski definition) is 5. The zero-order chi connectivity index (χ0) is 11.6. The number of nitrogens with zero attached hydrogens (tertiary/aromatic N) is 1. The SMILES string of the molecule is COC(=O)c1cc([N+](=O)[O-])cc(N)c1Cl. The molecule has 0 amide bonds. The summed E-state index contributed by atoms with van der Waals surface area (Å²) in [5.41, 5.74) is 4.94. The second-order valence-electron chi connectivity index (χ2n) is 2.65. The smallest absolute Gasteiger partial charge is 0.339 e. The van der Waals surface area contributed by atoms with E-state index in [1.54, 1.807) is 0 Å². The van der Waals surface area contributed by atoms with Crippen LogP contribution >= 0.6 is 11.6 Å². The maximum atomic E-state index is 11.2. The number of anilines is 1. The summed E-state index contributed by atoms with van der Waals surface area (Å²) in [4.78, 5) is 21.0. The molecule has 7 heteroatoms. The van der Waals surface area contributed by atoms with Crippen LogP contribution in [-0.2, 0) is 4.74 Å². The molecule has 0 atom stereocenters. The van der Waals surface area contributed by atoms with Crippen LogP contribution in [0.2, 0.25) is 5.02 Å². The molecular formula is C8H7ClN2O4. The van der Waals surface area contributed by atoms with Gasteiger partial charge < -0.3 is 10.5 Å². The lowest BCUT2D eigenvalue weighted by atomic mass is 10.2. The highest BCUT2D eigenvalue weighted by molar-refractivity contribution is 6.36. The van der Waals surface area contributed by atoms with Crippen molar-refractivity contribution < 1.29 is 14.5 Å². The number of nitro groups is 1. The van der Waals surface area contributed by atoms with Gasteiger partial charge in [-0.2, -0.15) is 0 Å². The van der Waals surface area contributed by atoms with Crippen LogP contribution in [-0.4, -0.2) is 18.0 Å². The maximum absolute atomic E-state index is 11.2. The van der Waals surface area contributed by atoms with E-state index in [1.165, 1.54) is 0 Å². The first kappa shape index (κ1) is 11.3. The van der Waals surface area contributed by atoms with E-state index in [2.05, 4.69) is 4.74 Å². The number of ether oxygens (including phenoxy) is 1. The quantitative estimate of drug-likeness (QED) is 0.360. The van der Waals surface area contributed by atoms with Gasteiger partial charge in [0.25, 0.3) is 5.69 Å². The Balaban J connectivity index is 3.37. The number of carbonyl (C=O) groups is 1. The van der Waals surface area contributed by atoms with Crippen molar-refractivity contribution in [1.82, 2.24) is 0 Å². The fraction of sp³-hybridized carbons (Fsp3) is 0.125. The molecule has 0 fully saturated rings. The summed E-state index contributed by atoms with van der Waals surface area (Å²) < 4.78 is 4.41. The number of nitro benzene ring substituents is 1. The van der Waals surface area contributed by atoms with Gasteiger partial charge in [-0.3, -0.25) is 10.1 Å². The number of carbonyl (C=O) groups excluding carboxylic acids is 1. The van der Waals surface area contributed by atoms with Crippen molar-refractivity contribution in [3.8, 4) is 0 Å². The van der Waals surface area contributed by atoms with Gasteiger partial charge >= 0.3 is 5.97 Å². The fourth-order valence-electron chi connectivity index (χ4n) is 0.995. The van der Waals surface area contributed by atoms with Gasteiger partial charge in [-0.15, -0.1) is 0 Å². The molecule has 80 valence electrons. The molecule has 0 aromatic heterocycles. The van der Waals surface area contributed by atoms with Gasteiger partial charge in [-0.1, -0.05) is 11.6 Å². The van der Waals surface area contributed by atoms with Crippen molar-refractivity contribution in [2.24, 2.45) is 0 Å². The Morgan fingerprint density at radius 3 is 2.67 bits per heavy atom. The second-order valence-corrected chi connectivity index (χ2v) is 3.02. The number of esters is 1. The topological polar surface area (TPSA) is 95.5 Å². The molecule has 0 aliphatic rings. The number of nitrogens with two attached hydrogens (primary N) is 1. The highest BCUT2D eigenvalue weighted by Gasteiger charge is 2.19. The van der Waals surface area contributed by atoms with E-state index in [0.717, 1.165) is 19.2 Å². The molecule has 0 saturated carbocycles. The van der Waals surface area contributed by atoms with Crippen molar-refractivity contribution in [1.29, 1.82) is 0 Å². The highest BCUT2D eigenvalue weighted by atomic mass is 35.5. The minimum Gasteiger partial charge on any atom is -0.465 e. The van der Waals surface area contributed by atoms with Crippen molar-refractivity contribution in [3.05, 3.63) is 32.8 Å². The molecule has 0 unspecified atom stereocenters. The third-order valence-electron chi connectivity index (χ3n) is 1.70. The number of benzene rings is 1. The van der Waals surface area contributed by atoms with Gasteiger partial charge in [-0.05, 0) is 0 Å². The molecule has 2 N–H and O–H groups in total. The largest absolute Gasteiger partial charge is 0.465 e. The Morgan fingerprint density at radius 2 is 2.20 bits per heavy atom. The van der Waals surface area contributed by atoms with Crippen LogP contribution in [0.4, 0.5) is 11.4 Å². The van der Waals surface area contributed by atoms with Crippen LogP contribution in [0, 0.1) is 10.1 Å². The summed E-state index contributed by atoms with van der Waals surface area (Å²) in [5.74, 6) is -0.768. The van der Waals surface area contributed by atoms with E-state index in [-0.39, 0.29) is 22.0 Å². The van der Waals surface area contributed by atoms with Crippen LogP contribution in [0.5, 0.6) is 0 Å². The number of halogens is 1. The van der Waals surface area contributed by atoms with Crippen molar-refractivity contribution in [3.63, 3.8) is 0 Å². The summed E-state index contributed by atoms with van der Waals surface area (Å²) in [6.45, 7) is 0. The number of hydrogen-bond donors (Lipinski definition) is 1. The van der Waals surface area contributed by atoms with Crippen molar-refractivity contribution >= 4 is 28.9 Å². The molecule has 0 bridgehead atoms. The molecule has 0 radical (unpaired) electrons. The fourth-order valence-corrected chi connectivity index (χ4v) is 1.18.